The zero-order valence-electron chi connectivity index (χ0n) is 16.1. The number of nitro groups is 1. The minimum atomic E-state index is -1.12. The Bertz CT molecular complexity index is 1010. The molecule has 0 radical (unpaired) electrons. The third kappa shape index (κ3) is 5.51. The van der Waals surface area contributed by atoms with Crippen LogP contribution in [0.4, 0.5) is 16.2 Å². The number of hydrogen-bond acceptors (Lipinski definition) is 7. The number of amides is 2. The SMILES string of the molecule is O=C(O)c1cccc(NC(=O)[C@H]2C[C@H](S)CN2C(=O)OCc2ccc([N+](=O)[O-])cc2)c1. The Hall–Kier alpha value is -3.60. The maximum atomic E-state index is 12.7. The lowest BCUT2D eigenvalue weighted by atomic mass is 10.1. The summed E-state index contributed by atoms with van der Waals surface area (Å²) in [7, 11) is 0. The molecule has 31 heavy (non-hydrogen) atoms. The highest BCUT2D eigenvalue weighted by molar-refractivity contribution is 7.81. The molecule has 0 spiro atoms. The molecule has 0 saturated carbocycles. The first kappa shape index (κ1) is 22.1. The molecular formula is C20H19N3O7S. The van der Waals surface area contributed by atoms with Crippen molar-refractivity contribution in [1.29, 1.82) is 0 Å². The van der Waals surface area contributed by atoms with E-state index in [0.29, 0.717) is 17.7 Å². The van der Waals surface area contributed by atoms with E-state index in [9.17, 15) is 24.5 Å². The molecule has 3 rings (SSSR count). The topological polar surface area (TPSA) is 139 Å². The summed E-state index contributed by atoms with van der Waals surface area (Å²) in [6.07, 6.45) is -0.408. The van der Waals surface area contributed by atoms with E-state index >= 15 is 0 Å². The highest BCUT2D eigenvalue weighted by Crippen LogP contribution is 2.25. The molecule has 0 aromatic heterocycles. The van der Waals surface area contributed by atoms with Gasteiger partial charge in [0.25, 0.3) is 5.69 Å². The van der Waals surface area contributed by atoms with E-state index in [1.807, 2.05) is 0 Å². The van der Waals surface area contributed by atoms with Crippen LogP contribution in [0.2, 0.25) is 0 Å². The Labute approximate surface area is 182 Å². The molecule has 0 bridgehead atoms. The lowest BCUT2D eigenvalue weighted by molar-refractivity contribution is -0.384. The minimum Gasteiger partial charge on any atom is -0.478 e. The molecule has 0 aliphatic carbocycles. The second-order valence-electron chi connectivity index (χ2n) is 6.91. The van der Waals surface area contributed by atoms with E-state index in [-0.39, 0.29) is 29.7 Å². The number of benzene rings is 2. The number of non-ortho nitro benzene ring substituents is 1. The Morgan fingerprint density at radius 3 is 2.58 bits per heavy atom. The monoisotopic (exact) mass is 445 g/mol. The Morgan fingerprint density at radius 1 is 1.23 bits per heavy atom. The molecule has 2 atom stereocenters. The first-order chi connectivity index (χ1) is 14.7. The molecule has 162 valence electrons. The molecule has 11 heteroatoms. The van der Waals surface area contributed by atoms with Gasteiger partial charge in [-0.25, -0.2) is 9.59 Å². The van der Waals surface area contributed by atoms with Crippen molar-refractivity contribution in [2.75, 3.05) is 11.9 Å². The quantitative estimate of drug-likeness (QED) is 0.353. The minimum absolute atomic E-state index is 0.0238. The average molecular weight is 445 g/mol. The number of ether oxygens (including phenoxy) is 1. The van der Waals surface area contributed by atoms with Crippen molar-refractivity contribution >= 4 is 42.0 Å². The van der Waals surface area contributed by atoms with Crippen LogP contribution in [0.3, 0.4) is 0 Å². The van der Waals surface area contributed by atoms with Crippen LogP contribution in [-0.2, 0) is 16.1 Å². The number of carbonyl (C=O) groups excluding carboxylic acids is 2. The van der Waals surface area contributed by atoms with Gasteiger partial charge in [-0.15, -0.1) is 0 Å². The van der Waals surface area contributed by atoms with Crippen molar-refractivity contribution in [2.24, 2.45) is 0 Å². The van der Waals surface area contributed by atoms with E-state index in [1.165, 1.54) is 47.4 Å². The second kappa shape index (κ2) is 9.47. The van der Waals surface area contributed by atoms with Crippen LogP contribution >= 0.6 is 12.6 Å². The number of anilines is 1. The fourth-order valence-electron chi connectivity index (χ4n) is 3.16. The highest BCUT2D eigenvalue weighted by atomic mass is 32.1. The fourth-order valence-corrected chi connectivity index (χ4v) is 3.54. The van der Waals surface area contributed by atoms with E-state index in [4.69, 9.17) is 9.84 Å². The first-order valence-corrected chi connectivity index (χ1v) is 9.75. The molecular weight excluding hydrogens is 426 g/mol. The number of likely N-dealkylation sites (tertiary alicyclic amines) is 1. The molecule has 1 heterocycles. The van der Waals surface area contributed by atoms with Crippen molar-refractivity contribution in [1.82, 2.24) is 4.90 Å². The Morgan fingerprint density at radius 2 is 1.94 bits per heavy atom. The van der Waals surface area contributed by atoms with E-state index in [1.54, 1.807) is 6.07 Å². The molecule has 1 saturated heterocycles. The number of rotatable bonds is 6. The van der Waals surface area contributed by atoms with Crippen molar-refractivity contribution < 1.29 is 29.2 Å². The molecule has 1 aliphatic rings. The van der Waals surface area contributed by atoms with E-state index in [2.05, 4.69) is 17.9 Å². The third-order valence-electron chi connectivity index (χ3n) is 4.70. The molecule has 1 aliphatic heterocycles. The summed E-state index contributed by atoms with van der Waals surface area (Å²) >= 11 is 4.37. The van der Waals surface area contributed by atoms with Crippen LogP contribution in [0, 0.1) is 10.1 Å². The molecule has 2 aromatic rings. The van der Waals surface area contributed by atoms with Gasteiger partial charge in [-0.05, 0) is 42.3 Å². The summed E-state index contributed by atoms with van der Waals surface area (Å²) in [4.78, 5) is 47.8. The zero-order chi connectivity index (χ0) is 22.5. The van der Waals surface area contributed by atoms with Gasteiger partial charge in [0, 0.05) is 29.6 Å². The van der Waals surface area contributed by atoms with Gasteiger partial charge in [0.2, 0.25) is 5.91 Å². The standard InChI is InChI=1S/C20H19N3O7S/c24-18(21-14-3-1-2-13(8-14)19(25)26)17-9-16(31)10-22(17)20(27)30-11-12-4-6-15(7-5-12)23(28)29/h1-8,16-17,31H,9-11H2,(H,21,24)(H,25,26)/t16-,17+/m0/s1. The number of carboxylic acids is 1. The van der Waals surface area contributed by atoms with Crippen molar-refractivity contribution in [3.8, 4) is 0 Å². The van der Waals surface area contributed by atoms with Gasteiger partial charge < -0.3 is 15.2 Å². The van der Waals surface area contributed by atoms with Crippen molar-refractivity contribution in [2.45, 2.75) is 24.3 Å². The van der Waals surface area contributed by atoms with Crippen molar-refractivity contribution in [3.05, 3.63) is 69.8 Å². The lowest BCUT2D eigenvalue weighted by Crippen LogP contribution is -2.43. The number of hydrogen-bond donors (Lipinski definition) is 3. The van der Waals surface area contributed by atoms with Gasteiger partial charge >= 0.3 is 12.1 Å². The molecule has 1 fully saturated rings. The summed E-state index contributed by atoms with van der Waals surface area (Å²) in [5.41, 5.74) is 0.811. The maximum absolute atomic E-state index is 12.7. The zero-order valence-corrected chi connectivity index (χ0v) is 17.0. The average Bonchev–Trinajstić information content (AvgIpc) is 3.14. The van der Waals surface area contributed by atoms with Gasteiger partial charge in [-0.1, -0.05) is 6.07 Å². The fraction of sp³-hybridized carbons (Fsp3) is 0.250. The highest BCUT2D eigenvalue weighted by Gasteiger charge is 2.39. The second-order valence-corrected chi connectivity index (χ2v) is 7.64. The molecule has 2 N–H and O–H groups in total. The van der Waals surface area contributed by atoms with E-state index < -0.39 is 28.9 Å². The maximum Gasteiger partial charge on any atom is 0.410 e. The molecule has 2 aromatic carbocycles. The predicted molar refractivity (Wildman–Crippen MR) is 113 cm³/mol. The molecule has 10 nitrogen and oxygen atoms in total. The largest absolute Gasteiger partial charge is 0.478 e. The Balaban J connectivity index is 1.63. The lowest BCUT2D eigenvalue weighted by Gasteiger charge is -2.23. The number of nitrogens with zero attached hydrogens (tertiary/aromatic N) is 2. The van der Waals surface area contributed by atoms with Crippen LogP contribution in [0.1, 0.15) is 22.3 Å². The van der Waals surface area contributed by atoms with Crippen molar-refractivity contribution in [3.63, 3.8) is 0 Å². The molecule has 2 amide bonds. The van der Waals surface area contributed by atoms with Gasteiger partial charge in [0.05, 0.1) is 10.5 Å². The van der Waals surface area contributed by atoms with Crippen LogP contribution in [0.25, 0.3) is 0 Å². The van der Waals surface area contributed by atoms with Crippen LogP contribution in [-0.4, -0.2) is 50.7 Å². The number of carbonyl (C=O) groups is 3. The predicted octanol–water partition coefficient (Wildman–Crippen LogP) is 2.94. The van der Waals surface area contributed by atoms with Crippen LogP contribution in [0.5, 0.6) is 0 Å². The van der Waals surface area contributed by atoms with Gasteiger partial charge in [0.1, 0.15) is 12.6 Å². The van der Waals surface area contributed by atoms with Gasteiger partial charge in [-0.2, -0.15) is 12.6 Å². The first-order valence-electron chi connectivity index (χ1n) is 9.23. The van der Waals surface area contributed by atoms with E-state index in [0.717, 1.165) is 0 Å². The van der Waals surface area contributed by atoms with Crippen LogP contribution in [0.15, 0.2) is 48.5 Å². The summed E-state index contributed by atoms with van der Waals surface area (Å²) in [6.45, 7) is 0.0923. The number of carboxylic acid groups (broad SMARTS) is 1. The number of nitrogens with one attached hydrogen (secondary N) is 1. The van der Waals surface area contributed by atoms with Gasteiger partial charge in [-0.3, -0.25) is 19.8 Å². The number of aromatic carboxylic acids is 1. The summed E-state index contributed by atoms with van der Waals surface area (Å²) in [5.74, 6) is -1.60. The smallest absolute Gasteiger partial charge is 0.410 e. The normalized spacial score (nSPS) is 17.8. The third-order valence-corrected chi connectivity index (χ3v) is 5.08. The summed E-state index contributed by atoms with van der Waals surface area (Å²) < 4.78 is 5.27. The summed E-state index contributed by atoms with van der Waals surface area (Å²) in [6, 6.07) is 10.5. The number of thiol groups is 1. The summed E-state index contributed by atoms with van der Waals surface area (Å²) in [5, 5.41) is 22.2. The van der Waals surface area contributed by atoms with Crippen LogP contribution < -0.4 is 5.32 Å². The molecule has 0 unspecified atom stereocenters. The number of nitro benzene ring substituents is 1. The Kier molecular flexibility index (Phi) is 6.75. The van der Waals surface area contributed by atoms with Gasteiger partial charge in [0.15, 0.2) is 0 Å².